The number of nitrogens with one attached hydrogen (secondary N) is 1. The highest BCUT2D eigenvalue weighted by molar-refractivity contribution is 7.91. The molecule has 1 saturated heterocycles. The number of carbonyl (C=O) groups excluding carboxylic acids is 1. The summed E-state index contributed by atoms with van der Waals surface area (Å²) >= 11 is 0. The highest BCUT2D eigenvalue weighted by atomic mass is 32.2. The minimum Gasteiger partial charge on any atom is -0.334 e. The first kappa shape index (κ1) is 25.4. The van der Waals surface area contributed by atoms with Crippen LogP contribution in [0.5, 0.6) is 0 Å². The minimum atomic E-state index is -3.24. The SMILES string of the molecule is CCS(=O)(=O)c1ccc(CNC(=O)N2CC(c3ccccc3)C(c3nc(C(C)C)nn3C3CC3)C2)cc1. The van der Waals surface area contributed by atoms with Crippen LogP contribution in [0.3, 0.4) is 0 Å². The second-order valence-corrected chi connectivity index (χ2v) is 12.7. The molecule has 196 valence electrons. The van der Waals surface area contributed by atoms with Gasteiger partial charge in [-0.2, -0.15) is 5.10 Å². The molecule has 1 N–H and O–H groups in total. The first-order chi connectivity index (χ1) is 17.8. The van der Waals surface area contributed by atoms with Crippen LogP contribution in [0.15, 0.2) is 59.5 Å². The van der Waals surface area contributed by atoms with Crippen LogP contribution in [0.1, 0.15) is 80.2 Å². The van der Waals surface area contributed by atoms with Gasteiger partial charge >= 0.3 is 6.03 Å². The Kier molecular flexibility index (Phi) is 7.07. The molecule has 8 nitrogen and oxygen atoms in total. The summed E-state index contributed by atoms with van der Waals surface area (Å²) in [5, 5.41) is 7.89. The second kappa shape index (κ2) is 10.3. The van der Waals surface area contributed by atoms with Gasteiger partial charge in [-0.15, -0.1) is 0 Å². The lowest BCUT2D eigenvalue weighted by molar-refractivity contribution is 0.207. The zero-order valence-corrected chi connectivity index (χ0v) is 22.5. The van der Waals surface area contributed by atoms with Gasteiger partial charge in [-0.3, -0.25) is 0 Å². The number of urea groups is 1. The normalized spacial score (nSPS) is 19.9. The van der Waals surface area contributed by atoms with Gasteiger partial charge in [0.2, 0.25) is 0 Å². The summed E-state index contributed by atoms with van der Waals surface area (Å²) in [7, 11) is -3.24. The van der Waals surface area contributed by atoms with Crippen molar-refractivity contribution in [2.75, 3.05) is 18.8 Å². The van der Waals surface area contributed by atoms with Crippen molar-refractivity contribution in [2.24, 2.45) is 0 Å². The molecule has 2 aromatic carbocycles. The second-order valence-electron chi connectivity index (χ2n) is 10.4. The minimum absolute atomic E-state index is 0.0623. The summed E-state index contributed by atoms with van der Waals surface area (Å²) < 4.78 is 26.3. The number of rotatable bonds is 8. The van der Waals surface area contributed by atoms with Gasteiger partial charge in [-0.1, -0.05) is 63.2 Å². The molecule has 1 saturated carbocycles. The van der Waals surface area contributed by atoms with Crippen molar-refractivity contribution >= 4 is 15.9 Å². The molecule has 2 atom stereocenters. The van der Waals surface area contributed by atoms with Gasteiger partial charge < -0.3 is 10.2 Å². The van der Waals surface area contributed by atoms with Gasteiger partial charge in [-0.25, -0.2) is 22.9 Å². The number of amides is 2. The lowest BCUT2D eigenvalue weighted by Crippen LogP contribution is -2.38. The van der Waals surface area contributed by atoms with Gasteiger partial charge in [-0.05, 0) is 36.1 Å². The first-order valence-corrected chi connectivity index (χ1v) is 14.8. The molecule has 2 unspecified atom stereocenters. The standard InChI is InChI=1S/C28H35N5O3S/c1-4-37(35,36)23-14-10-20(11-15-23)16-29-28(34)32-17-24(21-8-6-5-7-9-21)25(18-32)27-30-26(19(2)3)31-33(27)22-12-13-22/h5-11,14-15,19,22,24-25H,4,12-13,16-18H2,1-3H3,(H,29,34). The van der Waals surface area contributed by atoms with E-state index < -0.39 is 9.84 Å². The van der Waals surface area contributed by atoms with E-state index in [9.17, 15) is 13.2 Å². The number of aromatic nitrogens is 3. The maximum Gasteiger partial charge on any atom is 0.317 e. The molecule has 2 fully saturated rings. The van der Waals surface area contributed by atoms with Crippen LogP contribution < -0.4 is 5.32 Å². The molecule has 0 spiro atoms. The van der Waals surface area contributed by atoms with Crippen LogP contribution in [0.2, 0.25) is 0 Å². The predicted molar refractivity (Wildman–Crippen MR) is 142 cm³/mol. The number of hydrogen-bond donors (Lipinski definition) is 1. The molecule has 0 bridgehead atoms. The van der Waals surface area contributed by atoms with Gasteiger partial charge in [0.1, 0.15) is 5.82 Å². The quantitative estimate of drug-likeness (QED) is 0.466. The van der Waals surface area contributed by atoms with Crippen LogP contribution in [0, 0.1) is 0 Å². The van der Waals surface area contributed by atoms with E-state index in [0.717, 1.165) is 30.1 Å². The number of nitrogens with zero attached hydrogens (tertiary/aromatic N) is 4. The molecule has 1 aliphatic carbocycles. The lowest BCUT2D eigenvalue weighted by atomic mass is 9.88. The summed E-state index contributed by atoms with van der Waals surface area (Å²) in [6, 6.07) is 17.4. The highest BCUT2D eigenvalue weighted by Gasteiger charge is 2.42. The van der Waals surface area contributed by atoms with E-state index in [4.69, 9.17) is 10.1 Å². The smallest absolute Gasteiger partial charge is 0.317 e. The Labute approximate surface area is 219 Å². The fourth-order valence-electron chi connectivity index (χ4n) is 4.98. The first-order valence-electron chi connectivity index (χ1n) is 13.1. The molecular weight excluding hydrogens is 486 g/mol. The average Bonchev–Trinajstić information content (AvgIpc) is 3.49. The van der Waals surface area contributed by atoms with Crippen molar-refractivity contribution in [1.29, 1.82) is 0 Å². The summed E-state index contributed by atoms with van der Waals surface area (Å²) in [5.74, 6) is 2.36. The largest absolute Gasteiger partial charge is 0.334 e. The van der Waals surface area contributed by atoms with Crippen LogP contribution in [-0.2, 0) is 16.4 Å². The van der Waals surface area contributed by atoms with Crippen molar-refractivity contribution < 1.29 is 13.2 Å². The van der Waals surface area contributed by atoms with E-state index >= 15 is 0 Å². The summed E-state index contributed by atoms with van der Waals surface area (Å²) in [6.07, 6.45) is 2.25. The van der Waals surface area contributed by atoms with Crippen molar-refractivity contribution in [1.82, 2.24) is 25.0 Å². The molecule has 2 heterocycles. The third-order valence-electron chi connectivity index (χ3n) is 7.36. The van der Waals surface area contributed by atoms with E-state index in [0.29, 0.717) is 30.6 Å². The van der Waals surface area contributed by atoms with Crippen LogP contribution >= 0.6 is 0 Å². The van der Waals surface area contributed by atoms with Gasteiger partial charge in [0, 0.05) is 37.4 Å². The monoisotopic (exact) mass is 521 g/mol. The van der Waals surface area contributed by atoms with Crippen LogP contribution in [-0.4, -0.2) is 53.0 Å². The fourth-order valence-corrected chi connectivity index (χ4v) is 5.86. The molecule has 1 aliphatic heterocycles. The van der Waals surface area contributed by atoms with Gasteiger partial charge in [0.25, 0.3) is 0 Å². The molecule has 2 aliphatic rings. The van der Waals surface area contributed by atoms with Crippen molar-refractivity contribution in [3.8, 4) is 0 Å². The highest BCUT2D eigenvalue weighted by Crippen LogP contribution is 2.43. The van der Waals surface area contributed by atoms with E-state index in [1.54, 1.807) is 31.2 Å². The molecular formula is C28H35N5O3S. The van der Waals surface area contributed by atoms with E-state index in [1.807, 2.05) is 23.1 Å². The summed E-state index contributed by atoms with van der Waals surface area (Å²) in [6.45, 7) is 7.36. The number of hydrogen-bond acceptors (Lipinski definition) is 5. The van der Waals surface area contributed by atoms with Crippen LogP contribution in [0.4, 0.5) is 4.79 Å². The molecule has 0 radical (unpaired) electrons. The molecule has 9 heteroatoms. The number of sulfone groups is 1. The van der Waals surface area contributed by atoms with Crippen molar-refractivity contribution in [3.05, 3.63) is 77.4 Å². The Hall–Kier alpha value is -3.20. The fraction of sp³-hybridized carbons (Fsp3) is 0.464. The molecule has 37 heavy (non-hydrogen) atoms. The van der Waals surface area contributed by atoms with Gasteiger partial charge in [0.05, 0.1) is 16.7 Å². The predicted octanol–water partition coefficient (Wildman–Crippen LogP) is 4.62. The number of carbonyl (C=O) groups is 1. The third-order valence-corrected chi connectivity index (χ3v) is 9.11. The maximum atomic E-state index is 13.3. The Morgan fingerprint density at radius 1 is 1.03 bits per heavy atom. The number of benzene rings is 2. The molecule has 1 aromatic heterocycles. The summed E-state index contributed by atoms with van der Waals surface area (Å²) in [5.41, 5.74) is 2.06. The number of likely N-dealkylation sites (tertiary alicyclic amines) is 1. The Bertz CT molecular complexity index is 1350. The average molecular weight is 522 g/mol. The zero-order chi connectivity index (χ0) is 26.2. The lowest BCUT2D eigenvalue weighted by Gasteiger charge is -2.18. The summed E-state index contributed by atoms with van der Waals surface area (Å²) in [4.78, 5) is 20.4. The zero-order valence-electron chi connectivity index (χ0n) is 21.7. The topological polar surface area (TPSA) is 97.2 Å². The molecule has 2 amide bonds. The molecule has 5 rings (SSSR count). The molecule has 3 aromatic rings. The van der Waals surface area contributed by atoms with Crippen LogP contribution in [0.25, 0.3) is 0 Å². The third kappa shape index (κ3) is 5.42. The van der Waals surface area contributed by atoms with E-state index in [1.165, 1.54) is 5.56 Å². The van der Waals surface area contributed by atoms with Crippen molar-refractivity contribution in [3.63, 3.8) is 0 Å². The van der Waals surface area contributed by atoms with E-state index in [2.05, 4.69) is 36.0 Å². The van der Waals surface area contributed by atoms with E-state index in [-0.39, 0.29) is 29.5 Å². The Morgan fingerprint density at radius 2 is 1.70 bits per heavy atom. The Morgan fingerprint density at radius 3 is 2.32 bits per heavy atom. The Balaban J connectivity index is 1.34. The van der Waals surface area contributed by atoms with Gasteiger partial charge in [0.15, 0.2) is 15.7 Å². The maximum absolute atomic E-state index is 13.3. The van der Waals surface area contributed by atoms with Crippen molar-refractivity contribution in [2.45, 2.75) is 68.8 Å².